The molecular formula is C34H45N5O9. The van der Waals surface area contributed by atoms with E-state index in [2.05, 4.69) is 20.9 Å². The topological polar surface area (TPSA) is 168 Å². The van der Waals surface area contributed by atoms with Crippen LogP contribution >= 0.6 is 0 Å². The van der Waals surface area contributed by atoms with Crippen LogP contribution < -0.4 is 25.4 Å². The van der Waals surface area contributed by atoms with Gasteiger partial charge < -0.3 is 44.2 Å². The van der Waals surface area contributed by atoms with Crippen LogP contribution in [-0.2, 0) is 35.2 Å². The molecule has 48 heavy (non-hydrogen) atoms. The number of carbonyl (C=O) groups excluding carboxylic acids is 4. The van der Waals surface area contributed by atoms with Gasteiger partial charge in [0.05, 0.1) is 40.4 Å². The number of esters is 1. The number of nitrogens with one attached hydrogen (secondary N) is 3. The summed E-state index contributed by atoms with van der Waals surface area (Å²) in [5, 5.41) is 7.88. The van der Waals surface area contributed by atoms with Crippen molar-refractivity contribution >= 4 is 29.7 Å². The van der Waals surface area contributed by atoms with Gasteiger partial charge in [0, 0.05) is 6.20 Å². The Kier molecular flexibility index (Phi) is 12.9. The largest absolute Gasteiger partial charge is 0.493 e. The van der Waals surface area contributed by atoms with Gasteiger partial charge in [0.15, 0.2) is 23.4 Å². The summed E-state index contributed by atoms with van der Waals surface area (Å²) < 4.78 is 28.6. The fourth-order valence-corrected chi connectivity index (χ4v) is 4.44. The van der Waals surface area contributed by atoms with Crippen LogP contribution in [-0.4, -0.2) is 78.0 Å². The number of aromatic nitrogens is 2. The lowest BCUT2D eigenvalue weighted by Gasteiger charge is -2.29. The molecular weight excluding hydrogens is 622 g/mol. The van der Waals surface area contributed by atoms with Crippen LogP contribution in [0.25, 0.3) is 0 Å². The number of benzene rings is 2. The molecule has 0 saturated heterocycles. The molecule has 1 aromatic heterocycles. The Morgan fingerprint density at radius 3 is 2.25 bits per heavy atom. The smallest absolute Gasteiger partial charge is 0.408 e. The normalized spacial score (nSPS) is 12.7. The third kappa shape index (κ3) is 10.7. The van der Waals surface area contributed by atoms with E-state index in [1.807, 2.05) is 30.3 Å². The van der Waals surface area contributed by atoms with Crippen molar-refractivity contribution in [3.63, 3.8) is 0 Å². The van der Waals surface area contributed by atoms with Crippen LogP contribution in [0.1, 0.15) is 58.7 Å². The summed E-state index contributed by atoms with van der Waals surface area (Å²) >= 11 is 0. The summed E-state index contributed by atoms with van der Waals surface area (Å²) in [6, 6.07) is 12.2. The number of ether oxygens (including phenoxy) is 5. The van der Waals surface area contributed by atoms with Gasteiger partial charge in [-0.2, -0.15) is 0 Å². The average molecular weight is 668 g/mol. The number of rotatable bonds is 15. The maximum absolute atomic E-state index is 13.6. The van der Waals surface area contributed by atoms with Crippen molar-refractivity contribution < 1.29 is 42.9 Å². The van der Waals surface area contributed by atoms with Crippen molar-refractivity contribution in [3.8, 4) is 11.5 Å². The monoisotopic (exact) mass is 667 g/mol. The minimum atomic E-state index is -1.45. The molecule has 3 rings (SSSR count). The summed E-state index contributed by atoms with van der Waals surface area (Å²) in [6.07, 6.45) is 2.05. The van der Waals surface area contributed by atoms with Crippen LogP contribution in [0.4, 0.5) is 10.6 Å². The molecule has 3 N–H and O–H groups in total. The first-order chi connectivity index (χ1) is 22.7. The molecule has 0 aliphatic carbocycles. The van der Waals surface area contributed by atoms with E-state index >= 15 is 0 Å². The molecule has 0 spiro atoms. The van der Waals surface area contributed by atoms with Gasteiger partial charge in [0.25, 0.3) is 5.91 Å². The van der Waals surface area contributed by atoms with Crippen molar-refractivity contribution in [3.05, 3.63) is 72.2 Å². The molecule has 2 aromatic carbocycles. The zero-order valence-corrected chi connectivity index (χ0v) is 28.6. The predicted octanol–water partition coefficient (Wildman–Crippen LogP) is 4.00. The lowest BCUT2D eigenvalue weighted by Crippen LogP contribution is -2.59. The Morgan fingerprint density at radius 1 is 0.938 bits per heavy atom. The van der Waals surface area contributed by atoms with Crippen LogP contribution in [0.2, 0.25) is 0 Å². The van der Waals surface area contributed by atoms with Gasteiger partial charge in [-0.15, -0.1) is 0 Å². The second kappa shape index (κ2) is 16.6. The van der Waals surface area contributed by atoms with Crippen LogP contribution in [0.15, 0.2) is 61.1 Å². The van der Waals surface area contributed by atoms with Gasteiger partial charge in [-0.3, -0.25) is 9.59 Å². The Labute approximate surface area is 280 Å². The third-order valence-corrected chi connectivity index (χ3v) is 6.78. The fourth-order valence-electron chi connectivity index (χ4n) is 4.44. The Bertz CT molecular complexity index is 1550. The molecule has 0 radical (unpaired) electrons. The third-order valence-electron chi connectivity index (χ3n) is 6.78. The number of amides is 3. The first-order valence-corrected chi connectivity index (χ1v) is 15.3. The second-order valence-electron chi connectivity index (χ2n) is 12.2. The van der Waals surface area contributed by atoms with E-state index in [0.29, 0.717) is 17.1 Å². The van der Waals surface area contributed by atoms with Gasteiger partial charge >= 0.3 is 12.1 Å². The first kappa shape index (κ1) is 37.3. The van der Waals surface area contributed by atoms with E-state index in [-0.39, 0.29) is 25.6 Å². The highest BCUT2D eigenvalue weighted by atomic mass is 16.6. The number of carbonyl (C=O) groups is 4. The molecule has 0 fully saturated rings. The minimum absolute atomic E-state index is 0.100. The molecule has 0 aliphatic rings. The SMILES string of the molecule is CCOC(=O)C(c1ccc(OC)c(OC)c1)n1cnc(NC(=O)[C@@H](COCc2ccccc2)NC(=O)C(C)(C)NC(=O)OC(C)(C)C)c1. The molecule has 2 atom stereocenters. The Morgan fingerprint density at radius 2 is 1.62 bits per heavy atom. The van der Waals surface area contributed by atoms with Crippen LogP contribution in [0, 0.1) is 0 Å². The predicted molar refractivity (Wildman–Crippen MR) is 177 cm³/mol. The molecule has 1 heterocycles. The van der Waals surface area contributed by atoms with Crippen LogP contribution in [0.3, 0.4) is 0 Å². The van der Waals surface area contributed by atoms with E-state index in [1.54, 1.807) is 45.9 Å². The van der Waals surface area contributed by atoms with Gasteiger partial charge in [0.2, 0.25) is 5.91 Å². The maximum Gasteiger partial charge on any atom is 0.408 e. The number of hydrogen-bond donors (Lipinski definition) is 3. The Balaban J connectivity index is 1.83. The summed E-state index contributed by atoms with van der Waals surface area (Å²) in [7, 11) is 2.99. The molecule has 14 nitrogen and oxygen atoms in total. The lowest BCUT2D eigenvalue weighted by molar-refractivity contribution is -0.145. The second-order valence-corrected chi connectivity index (χ2v) is 12.2. The summed E-state index contributed by atoms with van der Waals surface area (Å²) in [5.74, 6) is -0.861. The molecule has 1 unspecified atom stereocenters. The van der Waals surface area contributed by atoms with Gasteiger partial charge in [-0.05, 0) is 64.8 Å². The van der Waals surface area contributed by atoms with Crippen molar-refractivity contribution in [1.82, 2.24) is 20.2 Å². The van der Waals surface area contributed by atoms with Crippen molar-refractivity contribution in [2.75, 3.05) is 32.8 Å². The minimum Gasteiger partial charge on any atom is -0.493 e. The quantitative estimate of drug-likeness (QED) is 0.202. The zero-order chi connectivity index (χ0) is 35.5. The van der Waals surface area contributed by atoms with Crippen molar-refractivity contribution in [1.29, 1.82) is 0 Å². The molecule has 3 amide bonds. The van der Waals surface area contributed by atoms with Gasteiger partial charge in [0.1, 0.15) is 17.2 Å². The average Bonchev–Trinajstić information content (AvgIpc) is 3.47. The maximum atomic E-state index is 13.6. The number of imidazole rings is 1. The number of methoxy groups -OCH3 is 2. The fraction of sp³-hybridized carbons (Fsp3) is 0.441. The molecule has 0 bridgehead atoms. The highest BCUT2D eigenvalue weighted by Crippen LogP contribution is 2.32. The molecule has 3 aromatic rings. The highest BCUT2D eigenvalue weighted by molar-refractivity contribution is 5.98. The molecule has 260 valence electrons. The zero-order valence-electron chi connectivity index (χ0n) is 28.6. The van der Waals surface area contributed by atoms with E-state index < -0.39 is 47.1 Å². The van der Waals surface area contributed by atoms with Crippen LogP contribution in [0.5, 0.6) is 11.5 Å². The summed E-state index contributed by atoms with van der Waals surface area (Å²) in [6.45, 7) is 9.89. The van der Waals surface area contributed by atoms with E-state index in [9.17, 15) is 19.2 Å². The van der Waals surface area contributed by atoms with Gasteiger partial charge in [-0.1, -0.05) is 36.4 Å². The number of alkyl carbamates (subject to hydrolysis) is 1. The number of hydrogen-bond acceptors (Lipinski definition) is 10. The van der Waals surface area contributed by atoms with E-state index in [0.717, 1.165) is 5.56 Å². The highest BCUT2D eigenvalue weighted by Gasteiger charge is 2.35. The number of anilines is 1. The standard InChI is InChI=1S/C34H45N5O9/c1-9-47-30(41)28(23-15-16-25(44-7)26(17-23)45-8)39-18-27(35-21-39)37-29(40)24(20-46-19-22-13-11-10-12-14-22)36-31(42)34(5,6)38-32(43)48-33(2,3)4/h10-18,21,24,28H,9,19-20H2,1-8H3,(H,36,42)(H,37,40)(H,38,43)/t24-,28?/m1/s1. The van der Waals surface area contributed by atoms with E-state index in [1.165, 1.54) is 45.2 Å². The first-order valence-electron chi connectivity index (χ1n) is 15.3. The van der Waals surface area contributed by atoms with E-state index in [4.69, 9.17) is 23.7 Å². The van der Waals surface area contributed by atoms with Gasteiger partial charge in [-0.25, -0.2) is 14.6 Å². The number of nitrogens with zero attached hydrogens (tertiary/aromatic N) is 2. The molecule has 0 saturated carbocycles. The van der Waals surface area contributed by atoms with Crippen molar-refractivity contribution in [2.24, 2.45) is 0 Å². The molecule has 14 heteroatoms. The van der Waals surface area contributed by atoms with Crippen molar-refractivity contribution in [2.45, 2.75) is 71.4 Å². The summed E-state index contributed by atoms with van der Waals surface area (Å²) in [4.78, 5) is 56.7. The summed E-state index contributed by atoms with van der Waals surface area (Å²) in [5.41, 5.74) is -0.831. The molecule has 0 aliphatic heterocycles. The Hall–Kier alpha value is -5.11. The lowest BCUT2D eigenvalue weighted by atomic mass is 10.0.